The van der Waals surface area contributed by atoms with Crippen LogP contribution < -0.4 is 10.0 Å². The van der Waals surface area contributed by atoms with Crippen molar-refractivity contribution >= 4 is 38.9 Å². The first-order valence-electron chi connectivity index (χ1n) is 7.83. The van der Waals surface area contributed by atoms with Gasteiger partial charge in [0.1, 0.15) is 5.75 Å². The summed E-state index contributed by atoms with van der Waals surface area (Å²) >= 11 is 5.85. The van der Waals surface area contributed by atoms with E-state index in [2.05, 4.69) is 10.0 Å². The summed E-state index contributed by atoms with van der Waals surface area (Å²) in [4.78, 5) is 12.4. The number of amides is 1. The molecular formula is C19H15ClN2O4S. The van der Waals surface area contributed by atoms with Crippen molar-refractivity contribution in [1.29, 1.82) is 0 Å². The molecule has 0 aliphatic carbocycles. The summed E-state index contributed by atoms with van der Waals surface area (Å²) in [6, 6.07) is 18.2. The van der Waals surface area contributed by atoms with Gasteiger partial charge in [-0.15, -0.1) is 0 Å². The van der Waals surface area contributed by atoms with E-state index in [1.807, 2.05) is 0 Å². The highest BCUT2D eigenvalue weighted by atomic mass is 35.5. The molecule has 0 unspecified atom stereocenters. The van der Waals surface area contributed by atoms with E-state index in [9.17, 15) is 18.3 Å². The van der Waals surface area contributed by atoms with Crippen LogP contribution in [0.5, 0.6) is 5.75 Å². The van der Waals surface area contributed by atoms with Gasteiger partial charge in [0.05, 0.1) is 10.6 Å². The summed E-state index contributed by atoms with van der Waals surface area (Å²) in [6.45, 7) is 0. The maximum Gasteiger partial charge on any atom is 0.261 e. The molecule has 3 rings (SSSR count). The van der Waals surface area contributed by atoms with Gasteiger partial charge in [0.15, 0.2) is 0 Å². The van der Waals surface area contributed by atoms with Crippen molar-refractivity contribution in [3.8, 4) is 5.75 Å². The van der Waals surface area contributed by atoms with Gasteiger partial charge in [0.25, 0.3) is 15.9 Å². The second kappa shape index (κ2) is 7.69. The number of anilines is 2. The Kier molecular flexibility index (Phi) is 5.34. The van der Waals surface area contributed by atoms with E-state index >= 15 is 0 Å². The SMILES string of the molecule is O=C(Nc1cc(Cl)ccc1O)c1ccc(NS(=O)(=O)c2ccccc2)cc1. The zero-order chi connectivity index (χ0) is 19.4. The van der Waals surface area contributed by atoms with E-state index in [0.29, 0.717) is 10.7 Å². The first-order chi connectivity index (χ1) is 12.8. The Morgan fingerprint density at radius 3 is 2.26 bits per heavy atom. The molecule has 0 aromatic heterocycles. The van der Waals surface area contributed by atoms with Crippen molar-refractivity contribution < 1.29 is 18.3 Å². The van der Waals surface area contributed by atoms with Crippen molar-refractivity contribution in [3.05, 3.63) is 83.4 Å². The van der Waals surface area contributed by atoms with Crippen LogP contribution in [-0.4, -0.2) is 19.4 Å². The van der Waals surface area contributed by atoms with Crippen molar-refractivity contribution in [2.45, 2.75) is 4.90 Å². The molecule has 27 heavy (non-hydrogen) atoms. The van der Waals surface area contributed by atoms with Gasteiger partial charge in [-0.2, -0.15) is 0 Å². The van der Waals surface area contributed by atoms with Crippen LogP contribution in [0.4, 0.5) is 11.4 Å². The minimum absolute atomic E-state index is 0.111. The lowest BCUT2D eigenvalue weighted by molar-refractivity contribution is 0.102. The lowest BCUT2D eigenvalue weighted by Crippen LogP contribution is -2.14. The number of hydrogen-bond donors (Lipinski definition) is 3. The van der Waals surface area contributed by atoms with Crippen molar-refractivity contribution in [2.24, 2.45) is 0 Å². The van der Waals surface area contributed by atoms with E-state index in [4.69, 9.17) is 11.6 Å². The number of hydrogen-bond acceptors (Lipinski definition) is 4. The van der Waals surface area contributed by atoms with Crippen molar-refractivity contribution in [1.82, 2.24) is 0 Å². The number of aromatic hydroxyl groups is 1. The minimum atomic E-state index is -3.70. The molecule has 0 spiro atoms. The third-order valence-electron chi connectivity index (χ3n) is 3.66. The minimum Gasteiger partial charge on any atom is -0.506 e. The second-order valence-electron chi connectivity index (χ2n) is 5.61. The first-order valence-corrected chi connectivity index (χ1v) is 9.69. The summed E-state index contributed by atoms with van der Waals surface area (Å²) in [5.74, 6) is -0.579. The molecule has 0 saturated heterocycles. The van der Waals surface area contributed by atoms with Gasteiger partial charge in [-0.05, 0) is 54.6 Å². The topological polar surface area (TPSA) is 95.5 Å². The van der Waals surface area contributed by atoms with E-state index in [0.717, 1.165) is 0 Å². The zero-order valence-corrected chi connectivity index (χ0v) is 15.5. The van der Waals surface area contributed by atoms with E-state index in [1.165, 1.54) is 54.6 Å². The molecule has 138 valence electrons. The number of carbonyl (C=O) groups excluding carboxylic acids is 1. The van der Waals surface area contributed by atoms with Gasteiger partial charge < -0.3 is 10.4 Å². The number of phenols is 1. The summed E-state index contributed by atoms with van der Waals surface area (Å²) in [5.41, 5.74) is 0.791. The molecule has 8 heteroatoms. The monoisotopic (exact) mass is 402 g/mol. The molecule has 0 aliphatic rings. The van der Waals surface area contributed by atoms with Crippen LogP contribution >= 0.6 is 11.6 Å². The quantitative estimate of drug-likeness (QED) is 0.560. The molecule has 0 heterocycles. The van der Waals surface area contributed by atoms with Gasteiger partial charge in [0.2, 0.25) is 0 Å². The molecule has 0 atom stereocenters. The fourth-order valence-corrected chi connectivity index (χ4v) is 3.56. The Morgan fingerprint density at radius 1 is 0.926 bits per heavy atom. The largest absolute Gasteiger partial charge is 0.506 e. The van der Waals surface area contributed by atoms with Crippen LogP contribution in [-0.2, 0) is 10.0 Å². The number of benzene rings is 3. The third-order valence-corrected chi connectivity index (χ3v) is 5.29. The van der Waals surface area contributed by atoms with E-state index in [1.54, 1.807) is 18.2 Å². The van der Waals surface area contributed by atoms with Crippen LogP contribution in [0.15, 0.2) is 77.7 Å². The normalized spacial score (nSPS) is 11.0. The van der Waals surface area contributed by atoms with Gasteiger partial charge in [-0.3, -0.25) is 9.52 Å². The number of phenolic OH excluding ortho intramolecular Hbond substituents is 1. The molecule has 3 aromatic rings. The number of rotatable bonds is 5. The Labute approximate surface area is 161 Å². The van der Waals surface area contributed by atoms with Crippen LogP contribution in [0.25, 0.3) is 0 Å². The number of nitrogens with one attached hydrogen (secondary N) is 2. The average molecular weight is 403 g/mol. The van der Waals surface area contributed by atoms with Crippen LogP contribution in [0.2, 0.25) is 5.02 Å². The average Bonchev–Trinajstić information content (AvgIpc) is 2.66. The van der Waals surface area contributed by atoms with Gasteiger partial charge in [-0.25, -0.2) is 8.42 Å². The highest BCUT2D eigenvalue weighted by Crippen LogP contribution is 2.27. The van der Waals surface area contributed by atoms with Crippen molar-refractivity contribution in [2.75, 3.05) is 10.0 Å². The smallest absolute Gasteiger partial charge is 0.261 e. The predicted molar refractivity (Wildman–Crippen MR) is 105 cm³/mol. The fourth-order valence-electron chi connectivity index (χ4n) is 2.31. The summed E-state index contributed by atoms with van der Waals surface area (Å²) in [5, 5.41) is 12.7. The third kappa shape index (κ3) is 4.58. The Balaban J connectivity index is 1.73. The lowest BCUT2D eigenvalue weighted by Gasteiger charge is -2.10. The second-order valence-corrected chi connectivity index (χ2v) is 7.73. The first kappa shape index (κ1) is 18.8. The maximum absolute atomic E-state index is 12.3. The number of halogens is 1. The number of sulfonamides is 1. The summed E-state index contributed by atoms with van der Waals surface area (Å²) in [6.07, 6.45) is 0. The molecule has 3 N–H and O–H groups in total. The number of carbonyl (C=O) groups is 1. The van der Waals surface area contributed by atoms with E-state index in [-0.39, 0.29) is 21.9 Å². The van der Waals surface area contributed by atoms with Gasteiger partial charge in [0, 0.05) is 16.3 Å². The molecule has 0 radical (unpaired) electrons. The molecule has 6 nitrogen and oxygen atoms in total. The summed E-state index contributed by atoms with van der Waals surface area (Å²) < 4.78 is 27.1. The highest BCUT2D eigenvalue weighted by molar-refractivity contribution is 7.92. The van der Waals surface area contributed by atoms with Crippen LogP contribution in [0.1, 0.15) is 10.4 Å². The molecule has 3 aromatic carbocycles. The molecule has 0 saturated carbocycles. The van der Waals surface area contributed by atoms with Crippen LogP contribution in [0, 0.1) is 0 Å². The summed E-state index contributed by atoms with van der Waals surface area (Å²) in [7, 11) is -3.70. The zero-order valence-electron chi connectivity index (χ0n) is 13.9. The van der Waals surface area contributed by atoms with E-state index < -0.39 is 15.9 Å². The predicted octanol–water partition coefficient (Wildman–Crippen LogP) is 4.10. The molecule has 0 aliphatic heterocycles. The fraction of sp³-hybridized carbons (Fsp3) is 0. The maximum atomic E-state index is 12.3. The standard InChI is InChI=1S/C19H15ClN2O4S/c20-14-8-11-18(23)17(12-14)21-19(24)13-6-9-15(10-7-13)22-27(25,26)16-4-2-1-3-5-16/h1-12,22-23H,(H,21,24). The van der Waals surface area contributed by atoms with Gasteiger partial charge in [-0.1, -0.05) is 29.8 Å². The molecular weight excluding hydrogens is 388 g/mol. The molecule has 0 bridgehead atoms. The highest BCUT2D eigenvalue weighted by Gasteiger charge is 2.14. The Morgan fingerprint density at radius 2 is 1.59 bits per heavy atom. The van der Waals surface area contributed by atoms with Gasteiger partial charge >= 0.3 is 0 Å². The van der Waals surface area contributed by atoms with Crippen molar-refractivity contribution in [3.63, 3.8) is 0 Å². The molecule has 1 amide bonds. The van der Waals surface area contributed by atoms with Crippen LogP contribution in [0.3, 0.4) is 0 Å². The Bertz CT molecular complexity index is 1070. The lowest BCUT2D eigenvalue weighted by atomic mass is 10.2. The Hall–Kier alpha value is -3.03. The molecule has 0 fully saturated rings.